The van der Waals surface area contributed by atoms with Crippen molar-refractivity contribution >= 4 is 27.8 Å². The Morgan fingerprint density at radius 1 is 1.29 bits per heavy atom. The summed E-state index contributed by atoms with van der Waals surface area (Å²) >= 11 is 3.28. The van der Waals surface area contributed by atoms with Crippen LogP contribution in [0.3, 0.4) is 0 Å². The second kappa shape index (κ2) is 8.02. The van der Waals surface area contributed by atoms with Gasteiger partial charge in [-0.1, -0.05) is 13.8 Å². The molecule has 0 spiro atoms. The fourth-order valence-corrected chi connectivity index (χ4v) is 1.92. The van der Waals surface area contributed by atoms with E-state index in [0.29, 0.717) is 28.2 Å². The maximum Gasteiger partial charge on any atom is 0.340 e. The summed E-state index contributed by atoms with van der Waals surface area (Å²) in [6.07, 6.45) is -0.852. The number of hydrogen-bond acceptors (Lipinski definition) is 4. The molecule has 1 atom stereocenters. The van der Waals surface area contributed by atoms with E-state index in [1.54, 1.807) is 25.1 Å². The molecule has 0 aliphatic rings. The predicted octanol–water partition coefficient (Wildman–Crippen LogP) is 2.78. The molecule has 0 fully saturated rings. The molecule has 0 aliphatic heterocycles. The van der Waals surface area contributed by atoms with Crippen molar-refractivity contribution in [3.63, 3.8) is 0 Å². The molecular formula is C15H20BrNO4. The number of carbonyl (C=O) groups excluding carboxylic acids is 2. The van der Waals surface area contributed by atoms with Crippen LogP contribution < -0.4 is 10.1 Å². The van der Waals surface area contributed by atoms with Gasteiger partial charge in [-0.15, -0.1) is 0 Å². The van der Waals surface area contributed by atoms with Crippen LogP contribution in [-0.2, 0) is 9.53 Å². The van der Waals surface area contributed by atoms with Gasteiger partial charge in [-0.2, -0.15) is 0 Å². The highest BCUT2D eigenvalue weighted by Gasteiger charge is 2.20. The van der Waals surface area contributed by atoms with Crippen molar-refractivity contribution in [3.8, 4) is 5.75 Å². The summed E-state index contributed by atoms with van der Waals surface area (Å²) in [5.74, 6) is -0.00418. The summed E-state index contributed by atoms with van der Waals surface area (Å²) in [5, 5.41) is 2.72. The van der Waals surface area contributed by atoms with Gasteiger partial charge in [0.05, 0.1) is 12.7 Å². The molecule has 0 radical (unpaired) electrons. The second-order valence-electron chi connectivity index (χ2n) is 5.03. The van der Waals surface area contributed by atoms with Gasteiger partial charge >= 0.3 is 5.97 Å². The minimum atomic E-state index is -0.852. The minimum absolute atomic E-state index is 0.309. The standard InChI is InChI=1S/C15H20BrNO4/c1-9(2)8-17-14(18)10(3)21-15(19)12-7-11(20-4)5-6-13(12)16/h5-7,9-10H,8H2,1-4H3,(H,17,18)/t10-/m0/s1. The fraction of sp³-hybridized carbons (Fsp3) is 0.467. The fourth-order valence-electron chi connectivity index (χ4n) is 1.51. The van der Waals surface area contributed by atoms with Crippen molar-refractivity contribution in [3.05, 3.63) is 28.2 Å². The van der Waals surface area contributed by atoms with Crippen LogP contribution in [0.5, 0.6) is 5.75 Å². The number of amides is 1. The van der Waals surface area contributed by atoms with Gasteiger partial charge in [-0.3, -0.25) is 4.79 Å². The second-order valence-corrected chi connectivity index (χ2v) is 5.89. The van der Waals surface area contributed by atoms with Crippen molar-refractivity contribution in [2.75, 3.05) is 13.7 Å². The number of rotatable bonds is 6. The molecule has 5 nitrogen and oxygen atoms in total. The van der Waals surface area contributed by atoms with Crippen molar-refractivity contribution in [1.29, 1.82) is 0 Å². The van der Waals surface area contributed by atoms with Crippen LogP contribution in [0, 0.1) is 5.92 Å². The Kier molecular flexibility index (Phi) is 6.68. The molecule has 1 amide bonds. The van der Waals surface area contributed by atoms with Crippen LogP contribution in [0.2, 0.25) is 0 Å². The zero-order chi connectivity index (χ0) is 16.0. The number of benzene rings is 1. The summed E-state index contributed by atoms with van der Waals surface area (Å²) < 4.78 is 10.8. The van der Waals surface area contributed by atoms with Crippen LogP contribution in [0.15, 0.2) is 22.7 Å². The Balaban J connectivity index is 2.70. The van der Waals surface area contributed by atoms with Crippen LogP contribution in [0.1, 0.15) is 31.1 Å². The van der Waals surface area contributed by atoms with E-state index < -0.39 is 12.1 Å². The Bertz CT molecular complexity index is 516. The molecular weight excluding hydrogens is 338 g/mol. The monoisotopic (exact) mass is 357 g/mol. The van der Waals surface area contributed by atoms with Crippen LogP contribution >= 0.6 is 15.9 Å². The highest BCUT2D eigenvalue weighted by atomic mass is 79.9. The number of ether oxygens (including phenoxy) is 2. The highest BCUT2D eigenvalue weighted by molar-refractivity contribution is 9.10. The third-order valence-corrected chi connectivity index (χ3v) is 3.42. The minimum Gasteiger partial charge on any atom is -0.497 e. The lowest BCUT2D eigenvalue weighted by atomic mass is 10.2. The van der Waals surface area contributed by atoms with Gasteiger partial charge in [0.1, 0.15) is 5.75 Å². The summed E-state index contributed by atoms with van der Waals surface area (Å²) in [5.41, 5.74) is 0.317. The average molecular weight is 358 g/mol. The molecule has 0 bridgehead atoms. The van der Waals surface area contributed by atoms with E-state index in [1.807, 2.05) is 13.8 Å². The number of carbonyl (C=O) groups is 2. The lowest BCUT2D eigenvalue weighted by molar-refractivity contribution is -0.129. The van der Waals surface area contributed by atoms with Gasteiger partial charge in [0, 0.05) is 11.0 Å². The van der Waals surface area contributed by atoms with E-state index in [-0.39, 0.29) is 5.91 Å². The summed E-state index contributed by atoms with van der Waals surface area (Å²) in [4.78, 5) is 23.9. The van der Waals surface area contributed by atoms with E-state index >= 15 is 0 Å². The maximum absolute atomic E-state index is 12.1. The van der Waals surface area contributed by atoms with Gasteiger partial charge in [0.25, 0.3) is 5.91 Å². The van der Waals surface area contributed by atoms with Gasteiger partial charge in [0.15, 0.2) is 6.10 Å². The van der Waals surface area contributed by atoms with E-state index in [2.05, 4.69) is 21.2 Å². The lowest BCUT2D eigenvalue weighted by Gasteiger charge is -2.15. The molecule has 1 aromatic carbocycles. The first-order valence-electron chi connectivity index (χ1n) is 6.67. The molecule has 0 aliphatic carbocycles. The normalized spacial score (nSPS) is 11.9. The molecule has 1 rings (SSSR count). The van der Waals surface area contributed by atoms with E-state index in [4.69, 9.17) is 9.47 Å². The molecule has 6 heteroatoms. The largest absolute Gasteiger partial charge is 0.497 e. The maximum atomic E-state index is 12.1. The Morgan fingerprint density at radius 3 is 2.52 bits per heavy atom. The highest BCUT2D eigenvalue weighted by Crippen LogP contribution is 2.23. The van der Waals surface area contributed by atoms with Crippen molar-refractivity contribution in [1.82, 2.24) is 5.32 Å². The van der Waals surface area contributed by atoms with Crippen molar-refractivity contribution in [2.45, 2.75) is 26.9 Å². The van der Waals surface area contributed by atoms with Gasteiger partial charge in [-0.25, -0.2) is 4.79 Å². The number of nitrogens with one attached hydrogen (secondary N) is 1. The summed E-state index contributed by atoms with van der Waals surface area (Å²) in [6.45, 7) is 6.07. The summed E-state index contributed by atoms with van der Waals surface area (Å²) in [7, 11) is 1.51. The molecule has 116 valence electrons. The van der Waals surface area contributed by atoms with Crippen LogP contribution in [0.4, 0.5) is 0 Å². The third kappa shape index (κ3) is 5.38. The first-order chi connectivity index (χ1) is 9.85. The average Bonchev–Trinajstić information content (AvgIpc) is 2.44. The molecule has 0 heterocycles. The quantitative estimate of drug-likeness (QED) is 0.795. The lowest BCUT2D eigenvalue weighted by Crippen LogP contribution is -2.37. The van der Waals surface area contributed by atoms with Gasteiger partial charge in [-0.05, 0) is 47.0 Å². The molecule has 0 aromatic heterocycles. The van der Waals surface area contributed by atoms with E-state index in [1.165, 1.54) is 7.11 Å². The summed E-state index contributed by atoms with van der Waals surface area (Å²) in [6, 6.07) is 4.98. The first kappa shape index (κ1) is 17.5. The molecule has 1 aromatic rings. The van der Waals surface area contributed by atoms with Crippen molar-refractivity contribution < 1.29 is 19.1 Å². The van der Waals surface area contributed by atoms with Gasteiger partial charge in [0.2, 0.25) is 0 Å². The SMILES string of the molecule is COc1ccc(Br)c(C(=O)O[C@@H](C)C(=O)NCC(C)C)c1. The first-order valence-corrected chi connectivity index (χ1v) is 7.46. The Hall–Kier alpha value is -1.56. The van der Waals surface area contributed by atoms with Crippen LogP contribution in [-0.4, -0.2) is 31.6 Å². The number of halogens is 1. The van der Waals surface area contributed by atoms with Crippen LogP contribution in [0.25, 0.3) is 0 Å². The van der Waals surface area contributed by atoms with Crippen molar-refractivity contribution in [2.24, 2.45) is 5.92 Å². The molecule has 21 heavy (non-hydrogen) atoms. The molecule has 0 saturated carbocycles. The zero-order valence-electron chi connectivity index (χ0n) is 12.6. The third-order valence-electron chi connectivity index (χ3n) is 2.73. The smallest absolute Gasteiger partial charge is 0.340 e. The van der Waals surface area contributed by atoms with E-state index in [9.17, 15) is 9.59 Å². The Morgan fingerprint density at radius 2 is 1.95 bits per heavy atom. The Labute approximate surface area is 133 Å². The van der Waals surface area contributed by atoms with Gasteiger partial charge < -0.3 is 14.8 Å². The topological polar surface area (TPSA) is 64.6 Å². The number of hydrogen-bond donors (Lipinski definition) is 1. The molecule has 1 N–H and O–H groups in total. The van der Waals surface area contributed by atoms with E-state index in [0.717, 1.165) is 0 Å². The predicted molar refractivity (Wildman–Crippen MR) is 83.4 cm³/mol. The molecule has 0 saturated heterocycles. The zero-order valence-corrected chi connectivity index (χ0v) is 14.2. The molecule has 0 unspecified atom stereocenters. The number of methoxy groups -OCH3 is 1. The number of esters is 1.